The third-order valence-electron chi connectivity index (χ3n) is 4.85. The number of hydrogen-bond acceptors (Lipinski definition) is 5. The molecule has 120 valence electrons. The number of nitrogens with zero attached hydrogens (tertiary/aromatic N) is 1. The summed E-state index contributed by atoms with van der Waals surface area (Å²) in [4.78, 5) is 2.53. The van der Waals surface area contributed by atoms with Crippen LogP contribution in [0.4, 0.5) is 0 Å². The minimum absolute atomic E-state index is 0.225. The average Bonchev–Trinajstić information content (AvgIpc) is 3.15. The molecule has 5 nitrogen and oxygen atoms in total. The Balaban J connectivity index is 1.46. The van der Waals surface area contributed by atoms with E-state index in [2.05, 4.69) is 24.0 Å². The monoisotopic (exact) mass is 305 g/mol. The predicted octanol–water partition coefficient (Wildman–Crippen LogP) is 2.18. The van der Waals surface area contributed by atoms with Gasteiger partial charge in [-0.05, 0) is 37.5 Å². The topological polar surface area (TPSA) is 40.2 Å². The maximum Gasteiger partial charge on any atom is 0.231 e. The van der Waals surface area contributed by atoms with E-state index in [1.54, 1.807) is 0 Å². The van der Waals surface area contributed by atoms with E-state index in [0.29, 0.717) is 12.8 Å². The molecule has 3 atom stereocenters. The molecule has 0 N–H and O–H groups in total. The Morgan fingerprint density at radius 3 is 3.05 bits per heavy atom. The van der Waals surface area contributed by atoms with E-state index in [1.807, 2.05) is 6.07 Å². The van der Waals surface area contributed by atoms with E-state index >= 15 is 0 Å². The predicted molar refractivity (Wildman–Crippen MR) is 81.2 cm³/mol. The van der Waals surface area contributed by atoms with E-state index in [1.165, 1.54) is 5.56 Å². The van der Waals surface area contributed by atoms with Crippen LogP contribution in [0, 0.1) is 0 Å². The van der Waals surface area contributed by atoms with Crippen molar-refractivity contribution >= 4 is 0 Å². The summed E-state index contributed by atoms with van der Waals surface area (Å²) < 4.78 is 22.7. The molecule has 0 aromatic heterocycles. The van der Waals surface area contributed by atoms with Crippen LogP contribution in [0.25, 0.3) is 0 Å². The van der Waals surface area contributed by atoms with Gasteiger partial charge in [0.1, 0.15) is 0 Å². The average molecular weight is 305 g/mol. The minimum Gasteiger partial charge on any atom is -0.454 e. The number of morpholine rings is 1. The number of fused-ring (bicyclic) bond motifs is 2. The van der Waals surface area contributed by atoms with Gasteiger partial charge in [-0.25, -0.2) is 0 Å². The second-order valence-corrected chi connectivity index (χ2v) is 6.13. The zero-order chi connectivity index (χ0) is 14.9. The molecule has 22 heavy (non-hydrogen) atoms. The van der Waals surface area contributed by atoms with Gasteiger partial charge in [0.05, 0.1) is 18.8 Å². The van der Waals surface area contributed by atoms with Crippen molar-refractivity contribution in [1.82, 2.24) is 4.90 Å². The molecule has 2 heterocycles. The molecule has 0 amide bonds. The van der Waals surface area contributed by atoms with Crippen molar-refractivity contribution in [3.63, 3.8) is 0 Å². The summed E-state index contributed by atoms with van der Waals surface area (Å²) in [6, 6.07) is 6.71. The van der Waals surface area contributed by atoms with Gasteiger partial charge in [0.15, 0.2) is 11.5 Å². The van der Waals surface area contributed by atoms with Crippen molar-refractivity contribution in [2.24, 2.45) is 0 Å². The van der Waals surface area contributed by atoms with Crippen molar-refractivity contribution in [3.05, 3.63) is 23.8 Å². The fourth-order valence-electron chi connectivity index (χ4n) is 3.85. The van der Waals surface area contributed by atoms with Gasteiger partial charge in [0, 0.05) is 25.7 Å². The lowest BCUT2D eigenvalue weighted by atomic mass is 10.1. The normalized spacial score (nSPS) is 30.5. The summed E-state index contributed by atoms with van der Waals surface area (Å²) in [5.41, 5.74) is 1.27. The van der Waals surface area contributed by atoms with Gasteiger partial charge in [-0.15, -0.1) is 0 Å². The molecule has 0 spiro atoms. The van der Waals surface area contributed by atoms with E-state index in [9.17, 15) is 0 Å². The lowest BCUT2D eigenvalue weighted by molar-refractivity contribution is -0.113. The van der Waals surface area contributed by atoms with Gasteiger partial charge in [0.2, 0.25) is 6.79 Å². The largest absolute Gasteiger partial charge is 0.454 e. The summed E-state index contributed by atoms with van der Waals surface area (Å²) >= 11 is 0. The van der Waals surface area contributed by atoms with Crippen LogP contribution in [0.1, 0.15) is 25.3 Å². The molecule has 0 bridgehead atoms. The SMILES string of the molecule is CCO[C@@H]1CC[C@@H]2[C@@H]1OCCN2Cc1ccc2c(c1)OCO2. The smallest absolute Gasteiger partial charge is 0.231 e. The van der Waals surface area contributed by atoms with Gasteiger partial charge in [-0.2, -0.15) is 0 Å². The van der Waals surface area contributed by atoms with E-state index in [0.717, 1.165) is 50.6 Å². The molecule has 0 radical (unpaired) electrons. The first-order valence-corrected chi connectivity index (χ1v) is 8.21. The maximum absolute atomic E-state index is 6.00. The summed E-state index contributed by atoms with van der Waals surface area (Å²) in [7, 11) is 0. The number of benzene rings is 1. The van der Waals surface area contributed by atoms with Crippen molar-refractivity contribution in [3.8, 4) is 11.5 Å². The number of rotatable bonds is 4. The summed E-state index contributed by atoms with van der Waals surface area (Å²) in [5, 5.41) is 0. The highest BCUT2D eigenvalue weighted by atomic mass is 16.7. The molecule has 1 saturated carbocycles. The number of ether oxygens (including phenoxy) is 4. The molecule has 1 aromatic rings. The van der Waals surface area contributed by atoms with E-state index in [4.69, 9.17) is 18.9 Å². The zero-order valence-corrected chi connectivity index (χ0v) is 13.0. The van der Waals surface area contributed by atoms with Crippen molar-refractivity contribution in [2.45, 2.75) is 44.6 Å². The van der Waals surface area contributed by atoms with Crippen LogP contribution in [0.5, 0.6) is 11.5 Å². The van der Waals surface area contributed by atoms with Gasteiger partial charge >= 0.3 is 0 Å². The van der Waals surface area contributed by atoms with Crippen LogP contribution >= 0.6 is 0 Å². The molecule has 5 heteroatoms. The van der Waals surface area contributed by atoms with Crippen LogP contribution in [-0.4, -0.2) is 49.7 Å². The Hall–Kier alpha value is -1.30. The van der Waals surface area contributed by atoms with Crippen LogP contribution in [-0.2, 0) is 16.0 Å². The fraction of sp³-hybridized carbons (Fsp3) is 0.647. The first-order chi connectivity index (χ1) is 10.8. The van der Waals surface area contributed by atoms with E-state index < -0.39 is 0 Å². The molecule has 0 unspecified atom stereocenters. The van der Waals surface area contributed by atoms with Crippen LogP contribution in [0.2, 0.25) is 0 Å². The molecule has 1 aliphatic carbocycles. The lowest BCUT2D eigenvalue weighted by Gasteiger charge is -2.39. The van der Waals surface area contributed by atoms with Gasteiger partial charge in [-0.3, -0.25) is 4.90 Å². The van der Waals surface area contributed by atoms with Gasteiger partial charge < -0.3 is 18.9 Å². The van der Waals surface area contributed by atoms with Crippen LogP contribution in [0.3, 0.4) is 0 Å². The highest BCUT2D eigenvalue weighted by Crippen LogP contribution is 2.35. The third kappa shape index (κ3) is 2.57. The second kappa shape index (κ2) is 6.07. The summed E-state index contributed by atoms with van der Waals surface area (Å²) in [6.45, 7) is 5.85. The molecule has 4 rings (SSSR count). The Labute approximate surface area is 131 Å². The quantitative estimate of drug-likeness (QED) is 0.853. The van der Waals surface area contributed by atoms with Crippen LogP contribution < -0.4 is 9.47 Å². The van der Waals surface area contributed by atoms with Crippen molar-refractivity contribution in [2.75, 3.05) is 26.6 Å². The Morgan fingerprint density at radius 1 is 1.23 bits per heavy atom. The minimum atomic E-state index is 0.225. The van der Waals surface area contributed by atoms with Gasteiger partial charge in [0.25, 0.3) is 0 Å². The van der Waals surface area contributed by atoms with Crippen molar-refractivity contribution in [1.29, 1.82) is 0 Å². The fourth-order valence-corrected chi connectivity index (χ4v) is 3.85. The first kappa shape index (κ1) is 14.3. The third-order valence-corrected chi connectivity index (χ3v) is 4.85. The first-order valence-electron chi connectivity index (χ1n) is 8.21. The highest BCUT2D eigenvalue weighted by molar-refractivity contribution is 5.44. The standard InChI is InChI=1S/C17H23NO4/c1-2-19-15-6-4-13-17(15)20-8-7-18(13)10-12-3-5-14-16(9-12)22-11-21-14/h3,5,9,13,15,17H,2,4,6-8,10-11H2,1H3/t13-,15-,17+/m1/s1. The molecular formula is C17H23NO4. The molecule has 3 aliphatic rings. The molecule has 1 aromatic carbocycles. The summed E-state index contributed by atoms with van der Waals surface area (Å²) in [5.74, 6) is 1.71. The second-order valence-electron chi connectivity index (χ2n) is 6.13. The Morgan fingerprint density at radius 2 is 2.14 bits per heavy atom. The van der Waals surface area contributed by atoms with E-state index in [-0.39, 0.29) is 12.2 Å². The Kier molecular flexibility index (Phi) is 3.94. The summed E-state index contributed by atoms with van der Waals surface area (Å²) in [6.07, 6.45) is 2.73. The molecule has 1 saturated heterocycles. The molecular weight excluding hydrogens is 282 g/mol. The van der Waals surface area contributed by atoms with Gasteiger partial charge in [-0.1, -0.05) is 6.07 Å². The number of hydrogen-bond donors (Lipinski definition) is 0. The highest BCUT2D eigenvalue weighted by Gasteiger charge is 2.43. The van der Waals surface area contributed by atoms with Crippen LogP contribution in [0.15, 0.2) is 18.2 Å². The maximum atomic E-state index is 6.00. The Bertz CT molecular complexity index is 535. The molecule has 2 aliphatic heterocycles. The molecule has 2 fully saturated rings. The lowest BCUT2D eigenvalue weighted by Crippen LogP contribution is -2.51. The zero-order valence-electron chi connectivity index (χ0n) is 13.0. The van der Waals surface area contributed by atoms with Crippen molar-refractivity contribution < 1.29 is 18.9 Å².